The highest BCUT2D eigenvalue weighted by Crippen LogP contribution is 2.34. The molecule has 0 radical (unpaired) electrons. The summed E-state index contributed by atoms with van der Waals surface area (Å²) in [4.78, 5) is 27.3. The molecule has 0 bridgehead atoms. The first kappa shape index (κ1) is 19.2. The van der Waals surface area contributed by atoms with Crippen LogP contribution < -0.4 is 10.6 Å². The standard InChI is InChI=1S/C19H21BrN4O3/c1-4-9-24-12(3)16(18(25)21-15-10-11(2)27-23-15)17(22-19(24)26)13-7-5-6-8-14(13)20/h5-8,10,17H,4,9H2,1-3H3,(H,22,26)(H,21,23,25)/t17-/m1/s1. The Hall–Kier alpha value is -2.61. The molecular weight excluding hydrogens is 412 g/mol. The number of amides is 3. The van der Waals surface area contributed by atoms with Gasteiger partial charge in [0.2, 0.25) is 0 Å². The summed E-state index contributed by atoms with van der Waals surface area (Å²) in [5, 5.41) is 9.54. The van der Waals surface area contributed by atoms with Gasteiger partial charge < -0.3 is 15.2 Å². The summed E-state index contributed by atoms with van der Waals surface area (Å²) in [6.45, 7) is 6.06. The van der Waals surface area contributed by atoms with Crippen LogP contribution in [0, 0.1) is 6.92 Å². The zero-order valence-electron chi connectivity index (χ0n) is 15.4. The molecule has 3 amide bonds. The third-order valence-corrected chi connectivity index (χ3v) is 5.10. The summed E-state index contributed by atoms with van der Waals surface area (Å²) < 4.78 is 5.83. The van der Waals surface area contributed by atoms with Crippen molar-refractivity contribution < 1.29 is 14.1 Å². The number of urea groups is 1. The van der Waals surface area contributed by atoms with Gasteiger partial charge >= 0.3 is 6.03 Å². The monoisotopic (exact) mass is 432 g/mol. The molecule has 1 aromatic carbocycles. The zero-order valence-corrected chi connectivity index (χ0v) is 17.0. The van der Waals surface area contributed by atoms with Gasteiger partial charge in [0.05, 0.1) is 11.6 Å². The van der Waals surface area contributed by atoms with Crippen LogP contribution in [0.2, 0.25) is 0 Å². The lowest BCUT2D eigenvalue weighted by Crippen LogP contribution is -2.48. The second-order valence-electron chi connectivity index (χ2n) is 6.33. The van der Waals surface area contributed by atoms with Crippen molar-refractivity contribution in [1.29, 1.82) is 0 Å². The number of hydrogen-bond donors (Lipinski definition) is 2. The molecule has 1 aliphatic rings. The van der Waals surface area contributed by atoms with Crippen LogP contribution in [0.15, 0.2) is 50.6 Å². The molecule has 7 nitrogen and oxygen atoms in total. The quantitative estimate of drug-likeness (QED) is 0.742. The van der Waals surface area contributed by atoms with Gasteiger partial charge in [-0.1, -0.05) is 46.2 Å². The lowest BCUT2D eigenvalue weighted by atomic mass is 9.94. The number of carbonyl (C=O) groups excluding carboxylic acids is 2. The smallest absolute Gasteiger partial charge is 0.322 e. The number of halogens is 1. The Morgan fingerprint density at radius 3 is 2.74 bits per heavy atom. The summed E-state index contributed by atoms with van der Waals surface area (Å²) in [6, 6.07) is 8.37. The Morgan fingerprint density at radius 2 is 2.11 bits per heavy atom. The van der Waals surface area contributed by atoms with Gasteiger partial charge in [0.1, 0.15) is 5.76 Å². The molecule has 1 aromatic heterocycles. The molecule has 0 unspecified atom stereocenters. The molecule has 0 fully saturated rings. The van der Waals surface area contributed by atoms with Crippen LogP contribution in [-0.4, -0.2) is 28.5 Å². The van der Waals surface area contributed by atoms with E-state index in [0.717, 1.165) is 16.5 Å². The minimum atomic E-state index is -0.575. The van der Waals surface area contributed by atoms with Crippen LogP contribution in [0.25, 0.3) is 0 Å². The molecule has 8 heteroatoms. The van der Waals surface area contributed by atoms with E-state index in [4.69, 9.17) is 4.52 Å². The minimum Gasteiger partial charge on any atom is -0.360 e. The summed E-state index contributed by atoms with van der Waals surface area (Å²) in [5.41, 5.74) is 1.90. The van der Waals surface area contributed by atoms with E-state index in [2.05, 4.69) is 31.7 Å². The fourth-order valence-corrected chi connectivity index (χ4v) is 3.63. The number of anilines is 1. The van der Waals surface area contributed by atoms with Gasteiger partial charge in [-0.2, -0.15) is 0 Å². The van der Waals surface area contributed by atoms with Crippen molar-refractivity contribution in [3.63, 3.8) is 0 Å². The van der Waals surface area contributed by atoms with Crippen molar-refractivity contribution in [1.82, 2.24) is 15.4 Å². The molecule has 1 atom stereocenters. The SMILES string of the molecule is CCCN1C(=O)N[C@H](c2ccccc2Br)C(C(=O)Nc2cc(C)on2)=C1C. The molecule has 1 aliphatic heterocycles. The number of aryl methyl sites for hydroxylation is 1. The third kappa shape index (κ3) is 3.90. The van der Waals surface area contributed by atoms with Gasteiger partial charge in [-0.3, -0.25) is 9.69 Å². The summed E-state index contributed by atoms with van der Waals surface area (Å²) in [7, 11) is 0. The molecule has 142 valence electrons. The van der Waals surface area contributed by atoms with Crippen molar-refractivity contribution >= 4 is 33.7 Å². The Balaban J connectivity index is 2.04. The van der Waals surface area contributed by atoms with Gasteiger partial charge in [-0.25, -0.2) is 4.79 Å². The fraction of sp³-hybridized carbons (Fsp3) is 0.316. The molecule has 2 aromatic rings. The highest BCUT2D eigenvalue weighted by molar-refractivity contribution is 9.10. The maximum Gasteiger partial charge on any atom is 0.322 e. The van der Waals surface area contributed by atoms with Crippen LogP contribution in [0.1, 0.15) is 37.6 Å². The molecule has 27 heavy (non-hydrogen) atoms. The Kier molecular flexibility index (Phi) is 5.65. The largest absolute Gasteiger partial charge is 0.360 e. The Morgan fingerprint density at radius 1 is 1.37 bits per heavy atom. The highest BCUT2D eigenvalue weighted by atomic mass is 79.9. The van der Waals surface area contributed by atoms with Crippen LogP contribution in [0.5, 0.6) is 0 Å². The van der Waals surface area contributed by atoms with Gasteiger partial charge in [0, 0.05) is 22.8 Å². The maximum atomic E-state index is 13.1. The van der Waals surface area contributed by atoms with Gasteiger partial charge in [-0.05, 0) is 31.9 Å². The predicted octanol–water partition coefficient (Wildman–Crippen LogP) is 4.13. The Bertz CT molecular complexity index is 906. The average Bonchev–Trinajstić information content (AvgIpc) is 3.03. The van der Waals surface area contributed by atoms with E-state index < -0.39 is 6.04 Å². The molecule has 3 rings (SSSR count). The minimum absolute atomic E-state index is 0.219. The second-order valence-corrected chi connectivity index (χ2v) is 7.19. The van der Waals surface area contributed by atoms with Crippen molar-refractivity contribution in [2.24, 2.45) is 0 Å². The van der Waals surface area contributed by atoms with Crippen molar-refractivity contribution in [3.8, 4) is 0 Å². The number of nitrogens with one attached hydrogen (secondary N) is 2. The number of nitrogens with zero attached hydrogens (tertiary/aromatic N) is 2. The lowest BCUT2D eigenvalue weighted by molar-refractivity contribution is -0.113. The number of allylic oxidation sites excluding steroid dienone is 1. The number of aromatic nitrogens is 1. The van der Waals surface area contributed by atoms with Gasteiger partial charge in [0.15, 0.2) is 5.82 Å². The summed E-state index contributed by atoms with van der Waals surface area (Å²) in [5.74, 6) is 0.605. The molecule has 0 saturated heterocycles. The number of benzene rings is 1. The molecule has 2 N–H and O–H groups in total. The van der Waals surface area contributed by atoms with E-state index in [1.807, 2.05) is 31.2 Å². The predicted molar refractivity (Wildman–Crippen MR) is 105 cm³/mol. The van der Waals surface area contributed by atoms with E-state index in [1.54, 1.807) is 24.8 Å². The zero-order chi connectivity index (χ0) is 19.6. The first-order valence-electron chi connectivity index (χ1n) is 8.70. The number of rotatable bonds is 5. The van der Waals surface area contributed by atoms with Crippen LogP contribution in [0.4, 0.5) is 10.6 Å². The van der Waals surface area contributed by atoms with Crippen molar-refractivity contribution in [2.75, 3.05) is 11.9 Å². The van der Waals surface area contributed by atoms with Crippen LogP contribution in [0.3, 0.4) is 0 Å². The first-order chi connectivity index (χ1) is 12.9. The molecule has 0 spiro atoms. The van der Waals surface area contributed by atoms with Crippen LogP contribution in [-0.2, 0) is 4.79 Å². The number of hydrogen-bond acceptors (Lipinski definition) is 4. The molecule has 0 saturated carbocycles. The Labute approximate surface area is 165 Å². The van der Waals surface area contributed by atoms with Gasteiger partial charge in [-0.15, -0.1) is 0 Å². The summed E-state index contributed by atoms with van der Waals surface area (Å²) >= 11 is 3.52. The van der Waals surface area contributed by atoms with E-state index in [9.17, 15) is 9.59 Å². The lowest BCUT2D eigenvalue weighted by Gasteiger charge is -2.35. The molecular formula is C19H21BrN4O3. The fourth-order valence-electron chi connectivity index (χ4n) is 3.12. The van der Waals surface area contributed by atoms with E-state index >= 15 is 0 Å². The van der Waals surface area contributed by atoms with Crippen LogP contribution >= 0.6 is 15.9 Å². The van der Waals surface area contributed by atoms with Crippen molar-refractivity contribution in [2.45, 2.75) is 33.2 Å². The normalized spacial score (nSPS) is 17.1. The second kappa shape index (κ2) is 7.96. The molecule has 2 heterocycles. The topological polar surface area (TPSA) is 87.5 Å². The average molecular weight is 433 g/mol. The molecule has 0 aliphatic carbocycles. The first-order valence-corrected chi connectivity index (χ1v) is 9.49. The van der Waals surface area contributed by atoms with Gasteiger partial charge in [0.25, 0.3) is 5.91 Å². The summed E-state index contributed by atoms with van der Waals surface area (Å²) in [6.07, 6.45) is 0.780. The number of carbonyl (C=O) groups is 2. The van der Waals surface area contributed by atoms with E-state index in [1.165, 1.54) is 0 Å². The van der Waals surface area contributed by atoms with E-state index in [-0.39, 0.29) is 11.9 Å². The maximum absolute atomic E-state index is 13.1. The van der Waals surface area contributed by atoms with E-state index in [0.29, 0.717) is 29.4 Å². The highest BCUT2D eigenvalue weighted by Gasteiger charge is 2.36. The van der Waals surface area contributed by atoms with Crippen molar-refractivity contribution in [3.05, 3.63) is 57.4 Å². The third-order valence-electron chi connectivity index (χ3n) is 4.37.